The van der Waals surface area contributed by atoms with Gasteiger partial charge in [0.15, 0.2) is 11.5 Å². The number of carbonyl (C=O) groups excluding carboxylic acids is 1. The molecule has 0 spiro atoms. The molecule has 8 nitrogen and oxygen atoms in total. The molecule has 0 aliphatic rings. The number of amides is 1. The van der Waals surface area contributed by atoms with Crippen molar-refractivity contribution in [1.82, 2.24) is 19.7 Å². The summed E-state index contributed by atoms with van der Waals surface area (Å²) in [6.45, 7) is 0. The second kappa shape index (κ2) is 8.57. The van der Waals surface area contributed by atoms with Gasteiger partial charge in [0, 0.05) is 35.8 Å². The van der Waals surface area contributed by atoms with Crippen LogP contribution < -0.4 is 10.1 Å². The average molecular weight is 423 g/mol. The minimum absolute atomic E-state index is 0.197. The van der Waals surface area contributed by atoms with E-state index in [2.05, 4.69) is 20.4 Å². The fraction of sp³-hybridized carbons (Fsp3) is 0. The number of hydrogen-bond donors (Lipinski definition) is 1. The van der Waals surface area contributed by atoms with Gasteiger partial charge in [-0.05, 0) is 36.4 Å². The molecule has 0 radical (unpaired) electrons. The summed E-state index contributed by atoms with van der Waals surface area (Å²) in [5.74, 6) is 1.86. The quantitative estimate of drug-likeness (QED) is 0.414. The molecule has 0 bridgehead atoms. The maximum atomic E-state index is 12.5. The summed E-state index contributed by atoms with van der Waals surface area (Å²) in [4.78, 5) is 20.9. The van der Waals surface area contributed by atoms with E-state index in [1.165, 1.54) is 6.33 Å². The van der Waals surface area contributed by atoms with Crippen LogP contribution in [0, 0.1) is 0 Å². The zero-order valence-corrected chi connectivity index (χ0v) is 16.8. The van der Waals surface area contributed by atoms with Gasteiger partial charge in [0.1, 0.15) is 17.9 Å². The highest BCUT2D eigenvalue weighted by molar-refractivity contribution is 6.03. The molecule has 1 amide bonds. The van der Waals surface area contributed by atoms with Gasteiger partial charge in [-0.2, -0.15) is 0 Å². The fourth-order valence-electron chi connectivity index (χ4n) is 3.06. The van der Waals surface area contributed by atoms with Crippen LogP contribution in [0.5, 0.6) is 11.6 Å². The molecule has 2 aromatic carbocycles. The molecule has 0 fully saturated rings. The van der Waals surface area contributed by atoms with Gasteiger partial charge >= 0.3 is 0 Å². The van der Waals surface area contributed by atoms with E-state index < -0.39 is 0 Å². The first kappa shape index (κ1) is 19.3. The van der Waals surface area contributed by atoms with E-state index in [0.717, 1.165) is 5.56 Å². The second-order valence-corrected chi connectivity index (χ2v) is 6.83. The minimum Gasteiger partial charge on any atom is -0.439 e. The Bertz CT molecular complexity index is 1330. The predicted molar refractivity (Wildman–Crippen MR) is 118 cm³/mol. The van der Waals surface area contributed by atoms with E-state index in [0.29, 0.717) is 28.9 Å². The van der Waals surface area contributed by atoms with E-state index in [4.69, 9.17) is 9.26 Å². The van der Waals surface area contributed by atoms with Crippen molar-refractivity contribution < 1.29 is 14.1 Å². The Morgan fingerprint density at radius 1 is 0.906 bits per heavy atom. The van der Waals surface area contributed by atoms with Gasteiger partial charge in [0.2, 0.25) is 5.88 Å². The third-order valence-corrected chi connectivity index (χ3v) is 4.63. The first-order chi connectivity index (χ1) is 15.7. The lowest BCUT2D eigenvalue weighted by Gasteiger charge is -2.08. The molecule has 0 unspecified atom stereocenters. The Balaban J connectivity index is 1.24. The summed E-state index contributed by atoms with van der Waals surface area (Å²) < 4.78 is 13.0. The van der Waals surface area contributed by atoms with E-state index in [9.17, 15) is 4.79 Å². The van der Waals surface area contributed by atoms with Crippen molar-refractivity contribution in [3.05, 3.63) is 103 Å². The normalized spacial score (nSPS) is 10.6. The molecule has 5 aromatic rings. The van der Waals surface area contributed by atoms with Crippen LogP contribution in [-0.2, 0) is 0 Å². The third-order valence-electron chi connectivity index (χ3n) is 4.63. The van der Waals surface area contributed by atoms with Crippen LogP contribution in [0.25, 0.3) is 17.1 Å². The van der Waals surface area contributed by atoms with E-state index >= 15 is 0 Å². The molecule has 3 heterocycles. The van der Waals surface area contributed by atoms with E-state index in [1.54, 1.807) is 36.4 Å². The molecule has 0 aliphatic carbocycles. The number of hydrogen-bond acceptors (Lipinski definition) is 6. The molecule has 3 aromatic heterocycles. The maximum Gasteiger partial charge on any atom is 0.277 e. The minimum atomic E-state index is -0.364. The molecule has 1 N–H and O–H groups in total. The smallest absolute Gasteiger partial charge is 0.277 e. The molecule has 32 heavy (non-hydrogen) atoms. The van der Waals surface area contributed by atoms with Gasteiger partial charge in [-0.15, -0.1) is 0 Å². The van der Waals surface area contributed by atoms with E-state index in [-0.39, 0.29) is 11.6 Å². The van der Waals surface area contributed by atoms with Crippen LogP contribution in [0.3, 0.4) is 0 Å². The number of carbonyl (C=O) groups is 1. The summed E-state index contributed by atoms with van der Waals surface area (Å²) in [7, 11) is 0. The Morgan fingerprint density at radius 3 is 2.47 bits per heavy atom. The summed E-state index contributed by atoms with van der Waals surface area (Å²) in [5, 5.41) is 6.66. The van der Waals surface area contributed by atoms with Crippen molar-refractivity contribution in [3.63, 3.8) is 0 Å². The van der Waals surface area contributed by atoms with Gasteiger partial charge in [0.25, 0.3) is 5.91 Å². The lowest BCUT2D eigenvalue weighted by atomic mass is 10.1. The van der Waals surface area contributed by atoms with Crippen molar-refractivity contribution in [2.24, 2.45) is 0 Å². The number of aromatic nitrogens is 4. The predicted octanol–water partition coefficient (Wildman–Crippen LogP) is 4.97. The van der Waals surface area contributed by atoms with Crippen LogP contribution in [-0.4, -0.2) is 25.6 Å². The van der Waals surface area contributed by atoms with Gasteiger partial charge in [-0.25, -0.2) is 9.97 Å². The zero-order valence-electron chi connectivity index (χ0n) is 16.8. The maximum absolute atomic E-state index is 12.5. The Kier molecular flexibility index (Phi) is 5.15. The molecule has 8 heteroatoms. The molecule has 0 atom stereocenters. The van der Waals surface area contributed by atoms with Crippen molar-refractivity contribution >= 4 is 11.6 Å². The number of nitrogens with one attached hydrogen (secondary N) is 1. The molecule has 0 saturated heterocycles. The standard InChI is InChI=1S/C24H17N5O3/c30-24(20-14-21(32-28-20)17-6-2-1-3-7-17)27-18-8-10-19(11-9-18)31-23-15-22(25-16-26-23)29-12-4-5-13-29/h1-16H,(H,27,30). The largest absolute Gasteiger partial charge is 0.439 e. The van der Waals surface area contributed by atoms with Gasteiger partial charge in [-0.1, -0.05) is 35.5 Å². The molecule has 0 aliphatic heterocycles. The Labute approximate surface area is 183 Å². The van der Waals surface area contributed by atoms with Crippen LogP contribution in [0.1, 0.15) is 10.5 Å². The highest BCUT2D eigenvalue weighted by atomic mass is 16.5. The number of anilines is 1. The number of ether oxygens (including phenoxy) is 1. The number of rotatable bonds is 6. The zero-order chi connectivity index (χ0) is 21.8. The van der Waals surface area contributed by atoms with Crippen LogP contribution in [0.4, 0.5) is 5.69 Å². The molecule has 156 valence electrons. The first-order valence-corrected chi connectivity index (χ1v) is 9.81. The second-order valence-electron chi connectivity index (χ2n) is 6.83. The van der Waals surface area contributed by atoms with Crippen molar-refractivity contribution in [2.45, 2.75) is 0 Å². The SMILES string of the molecule is O=C(Nc1ccc(Oc2cc(-n3cccc3)ncn2)cc1)c1cc(-c2ccccc2)on1. The van der Waals surface area contributed by atoms with Crippen LogP contribution in [0.2, 0.25) is 0 Å². The Hall–Kier alpha value is -4.72. The van der Waals surface area contributed by atoms with Crippen molar-refractivity contribution in [3.8, 4) is 28.8 Å². The number of benzene rings is 2. The lowest BCUT2D eigenvalue weighted by Crippen LogP contribution is -2.11. The van der Waals surface area contributed by atoms with Gasteiger partial charge in [-0.3, -0.25) is 4.79 Å². The molecule has 0 saturated carbocycles. The summed E-state index contributed by atoms with van der Waals surface area (Å²) in [6.07, 6.45) is 5.23. The Morgan fingerprint density at radius 2 is 1.69 bits per heavy atom. The molecular weight excluding hydrogens is 406 g/mol. The van der Waals surface area contributed by atoms with Crippen LogP contribution in [0.15, 0.2) is 102 Å². The van der Waals surface area contributed by atoms with Gasteiger partial charge < -0.3 is 19.1 Å². The third kappa shape index (κ3) is 4.24. The summed E-state index contributed by atoms with van der Waals surface area (Å²) in [6, 6.07) is 23.6. The highest BCUT2D eigenvalue weighted by Crippen LogP contribution is 2.24. The average Bonchev–Trinajstić information content (AvgIpc) is 3.54. The van der Waals surface area contributed by atoms with Crippen molar-refractivity contribution in [1.29, 1.82) is 0 Å². The van der Waals surface area contributed by atoms with Crippen LogP contribution >= 0.6 is 0 Å². The van der Waals surface area contributed by atoms with Crippen molar-refractivity contribution in [2.75, 3.05) is 5.32 Å². The lowest BCUT2D eigenvalue weighted by molar-refractivity contribution is 0.101. The monoisotopic (exact) mass is 423 g/mol. The van der Waals surface area contributed by atoms with Gasteiger partial charge in [0.05, 0.1) is 0 Å². The highest BCUT2D eigenvalue weighted by Gasteiger charge is 2.14. The van der Waals surface area contributed by atoms with E-state index in [1.807, 2.05) is 59.4 Å². The summed E-state index contributed by atoms with van der Waals surface area (Å²) >= 11 is 0. The molecule has 5 rings (SSSR count). The topological polar surface area (TPSA) is 95.1 Å². The fourth-order valence-corrected chi connectivity index (χ4v) is 3.06. The summed E-state index contributed by atoms with van der Waals surface area (Å²) in [5.41, 5.74) is 1.65. The molecular formula is C24H17N5O3. The first-order valence-electron chi connectivity index (χ1n) is 9.81. The number of nitrogens with zero attached hydrogens (tertiary/aromatic N) is 4.